The zero-order valence-corrected chi connectivity index (χ0v) is 15.9. The van der Waals surface area contributed by atoms with E-state index < -0.39 is 0 Å². The van der Waals surface area contributed by atoms with Crippen molar-refractivity contribution in [1.29, 1.82) is 0 Å². The summed E-state index contributed by atoms with van der Waals surface area (Å²) < 4.78 is 13.1. The van der Waals surface area contributed by atoms with Crippen LogP contribution in [0.15, 0.2) is 54.2 Å². The van der Waals surface area contributed by atoms with Crippen molar-refractivity contribution in [3.8, 4) is 22.0 Å². The van der Waals surface area contributed by atoms with E-state index in [1.165, 1.54) is 17.7 Å². The molecule has 0 saturated heterocycles. The molecule has 1 aliphatic rings. The first-order valence-corrected chi connectivity index (χ1v) is 10.0. The predicted molar refractivity (Wildman–Crippen MR) is 107 cm³/mol. The number of halogens is 1. The number of hydrogen-bond donors (Lipinski definition) is 1. The Kier molecular flexibility index (Phi) is 4.46. The van der Waals surface area contributed by atoms with Gasteiger partial charge in [0.1, 0.15) is 11.6 Å². The summed E-state index contributed by atoms with van der Waals surface area (Å²) in [6.07, 6.45) is 4.66. The maximum Gasteiger partial charge on any atom is 0.169 e. The van der Waals surface area contributed by atoms with Gasteiger partial charge in [0.05, 0.1) is 29.0 Å². The molecule has 7 heteroatoms. The maximum atomic E-state index is 13.1. The summed E-state index contributed by atoms with van der Waals surface area (Å²) in [7, 11) is 0. The first-order valence-electron chi connectivity index (χ1n) is 9.15. The van der Waals surface area contributed by atoms with Gasteiger partial charge in [0.25, 0.3) is 0 Å². The summed E-state index contributed by atoms with van der Waals surface area (Å²) in [5.41, 5.74) is 4.15. The average molecular weight is 391 g/mol. The van der Waals surface area contributed by atoms with Crippen LogP contribution < -0.4 is 0 Å². The number of imidazole rings is 1. The number of aromatic nitrogens is 4. The molecule has 4 aromatic rings. The fourth-order valence-electron chi connectivity index (χ4n) is 3.46. The van der Waals surface area contributed by atoms with Crippen LogP contribution in [0.2, 0.25) is 0 Å². The van der Waals surface area contributed by atoms with Gasteiger partial charge in [-0.3, -0.25) is 4.90 Å². The topological polar surface area (TPSA) is 57.7 Å². The second-order valence-corrected chi connectivity index (χ2v) is 7.80. The lowest BCUT2D eigenvalue weighted by atomic mass is 10.1. The highest BCUT2D eigenvalue weighted by molar-refractivity contribution is 7.13. The highest BCUT2D eigenvalue weighted by Crippen LogP contribution is 2.25. The van der Waals surface area contributed by atoms with Gasteiger partial charge in [0.2, 0.25) is 0 Å². The van der Waals surface area contributed by atoms with Gasteiger partial charge in [-0.1, -0.05) is 6.07 Å². The van der Waals surface area contributed by atoms with Crippen molar-refractivity contribution < 1.29 is 4.39 Å². The lowest BCUT2D eigenvalue weighted by Crippen LogP contribution is -2.31. The molecule has 0 fully saturated rings. The fourth-order valence-corrected chi connectivity index (χ4v) is 4.13. The number of fused-ring (bicyclic) bond motifs is 1. The van der Waals surface area contributed by atoms with Gasteiger partial charge in [0.15, 0.2) is 5.82 Å². The van der Waals surface area contributed by atoms with Crippen LogP contribution in [0.1, 0.15) is 17.1 Å². The molecule has 0 radical (unpaired) electrons. The molecule has 5 rings (SSSR count). The van der Waals surface area contributed by atoms with E-state index in [4.69, 9.17) is 4.98 Å². The molecule has 0 amide bonds. The summed E-state index contributed by atoms with van der Waals surface area (Å²) in [6.45, 7) is 2.47. The van der Waals surface area contributed by atoms with Crippen LogP contribution in [-0.2, 0) is 19.5 Å². The highest BCUT2D eigenvalue weighted by atomic mass is 32.1. The SMILES string of the molecule is Fc1ccc(-c2cnc(CN3CCc4nc(-c5cccs5)ncc4C3)[nH]2)cc1. The van der Waals surface area contributed by atoms with Crippen LogP contribution in [0, 0.1) is 5.82 Å². The molecule has 4 heterocycles. The number of H-pyrrole nitrogens is 1. The second kappa shape index (κ2) is 7.26. The summed E-state index contributed by atoms with van der Waals surface area (Å²) in [5, 5.41) is 2.05. The van der Waals surface area contributed by atoms with Gasteiger partial charge >= 0.3 is 0 Å². The lowest BCUT2D eigenvalue weighted by Gasteiger charge is -2.27. The molecule has 5 nitrogen and oxygen atoms in total. The third-order valence-electron chi connectivity index (χ3n) is 4.91. The third kappa shape index (κ3) is 3.46. The van der Waals surface area contributed by atoms with Crippen molar-refractivity contribution in [2.24, 2.45) is 0 Å². The van der Waals surface area contributed by atoms with E-state index in [2.05, 4.69) is 25.9 Å². The molecule has 0 saturated carbocycles. The third-order valence-corrected chi connectivity index (χ3v) is 5.78. The van der Waals surface area contributed by atoms with E-state index in [0.717, 1.165) is 59.5 Å². The van der Waals surface area contributed by atoms with Gasteiger partial charge < -0.3 is 4.98 Å². The van der Waals surface area contributed by atoms with Gasteiger partial charge in [-0.15, -0.1) is 11.3 Å². The molecular weight excluding hydrogens is 373 g/mol. The summed E-state index contributed by atoms with van der Waals surface area (Å²) in [5.74, 6) is 1.48. The van der Waals surface area contributed by atoms with Gasteiger partial charge in [0, 0.05) is 31.3 Å². The number of nitrogens with one attached hydrogen (secondary N) is 1. The summed E-state index contributed by atoms with van der Waals surface area (Å²) >= 11 is 1.66. The standard InChI is InChI=1S/C21H18FN5S/c22-16-5-3-14(4-6-16)18-11-23-20(25-18)13-27-8-7-17-15(12-27)10-24-21(26-17)19-2-1-9-28-19/h1-6,9-11H,7-8,12-13H2,(H,23,25). The van der Waals surface area contributed by atoms with Crippen LogP contribution in [0.4, 0.5) is 4.39 Å². The Bertz CT molecular complexity index is 1090. The highest BCUT2D eigenvalue weighted by Gasteiger charge is 2.20. The Morgan fingerprint density at radius 3 is 2.82 bits per heavy atom. The molecule has 0 aliphatic carbocycles. The van der Waals surface area contributed by atoms with Crippen molar-refractivity contribution in [3.63, 3.8) is 0 Å². The first kappa shape index (κ1) is 17.2. The summed E-state index contributed by atoms with van der Waals surface area (Å²) in [4.78, 5) is 20.6. The number of nitrogens with zero attached hydrogens (tertiary/aromatic N) is 4. The number of aromatic amines is 1. The largest absolute Gasteiger partial charge is 0.341 e. The predicted octanol–water partition coefficient (Wildman–Crippen LogP) is 4.29. The number of rotatable bonds is 4. The van der Waals surface area contributed by atoms with E-state index in [-0.39, 0.29) is 5.82 Å². The van der Waals surface area contributed by atoms with E-state index >= 15 is 0 Å². The molecule has 3 aromatic heterocycles. The lowest BCUT2D eigenvalue weighted by molar-refractivity contribution is 0.237. The minimum Gasteiger partial charge on any atom is -0.341 e. The van der Waals surface area contributed by atoms with Gasteiger partial charge in [-0.25, -0.2) is 19.3 Å². The normalized spacial score (nSPS) is 14.2. The Morgan fingerprint density at radius 2 is 2.00 bits per heavy atom. The first-order chi connectivity index (χ1) is 13.7. The molecule has 0 unspecified atom stereocenters. The molecule has 140 valence electrons. The molecule has 0 atom stereocenters. The molecule has 28 heavy (non-hydrogen) atoms. The van der Waals surface area contributed by atoms with Crippen LogP contribution in [0.3, 0.4) is 0 Å². The molecule has 0 spiro atoms. The Labute approximate surface area is 165 Å². The molecule has 1 aliphatic heterocycles. The Morgan fingerprint density at radius 1 is 1.11 bits per heavy atom. The van der Waals surface area contributed by atoms with E-state index in [1.807, 2.05) is 17.6 Å². The van der Waals surface area contributed by atoms with E-state index in [9.17, 15) is 4.39 Å². The summed E-state index contributed by atoms with van der Waals surface area (Å²) in [6, 6.07) is 10.5. The van der Waals surface area contributed by atoms with Crippen molar-refractivity contribution in [3.05, 3.63) is 77.1 Å². The van der Waals surface area contributed by atoms with Crippen molar-refractivity contribution >= 4 is 11.3 Å². The van der Waals surface area contributed by atoms with Crippen LogP contribution in [-0.4, -0.2) is 31.4 Å². The van der Waals surface area contributed by atoms with Crippen molar-refractivity contribution in [2.45, 2.75) is 19.5 Å². The van der Waals surface area contributed by atoms with E-state index in [1.54, 1.807) is 29.7 Å². The van der Waals surface area contributed by atoms with Crippen LogP contribution >= 0.6 is 11.3 Å². The zero-order valence-electron chi connectivity index (χ0n) is 15.1. The monoisotopic (exact) mass is 391 g/mol. The van der Waals surface area contributed by atoms with E-state index in [0.29, 0.717) is 0 Å². The molecular formula is C21H18FN5S. The molecule has 0 bridgehead atoms. The Balaban J connectivity index is 1.29. The van der Waals surface area contributed by atoms with Crippen molar-refractivity contribution in [1.82, 2.24) is 24.8 Å². The number of hydrogen-bond acceptors (Lipinski definition) is 5. The smallest absolute Gasteiger partial charge is 0.169 e. The van der Waals surface area contributed by atoms with Crippen LogP contribution in [0.25, 0.3) is 22.0 Å². The maximum absolute atomic E-state index is 13.1. The van der Waals surface area contributed by atoms with Crippen molar-refractivity contribution in [2.75, 3.05) is 6.54 Å². The minimum atomic E-state index is -0.236. The zero-order chi connectivity index (χ0) is 18.9. The quantitative estimate of drug-likeness (QED) is 0.564. The molecule has 1 aromatic carbocycles. The number of benzene rings is 1. The fraction of sp³-hybridized carbons (Fsp3) is 0.190. The van der Waals surface area contributed by atoms with Gasteiger partial charge in [-0.05, 0) is 41.3 Å². The minimum absolute atomic E-state index is 0.236. The molecule has 1 N–H and O–H groups in total. The number of thiophene rings is 1. The average Bonchev–Trinajstić information content (AvgIpc) is 3.41. The second-order valence-electron chi connectivity index (χ2n) is 6.85. The Hall–Kier alpha value is -2.90. The van der Waals surface area contributed by atoms with Gasteiger partial charge in [-0.2, -0.15) is 0 Å². The van der Waals surface area contributed by atoms with Crippen LogP contribution in [0.5, 0.6) is 0 Å².